The number of halogens is 1. The third kappa shape index (κ3) is 1.40. The molecule has 0 bridgehead atoms. The summed E-state index contributed by atoms with van der Waals surface area (Å²) in [4.78, 5) is 12.0. The Hall–Kier alpha value is -0.860. The molecule has 0 N–H and O–H groups in total. The number of ketones is 1. The molecule has 2 aliphatic rings. The Kier molecular flexibility index (Phi) is 2.30. The Labute approximate surface area is 100 Å². The van der Waals surface area contributed by atoms with Crippen LogP contribution in [0, 0.1) is 0 Å². The predicted molar refractivity (Wildman–Crippen MR) is 63.7 cm³/mol. The largest absolute Gasteiger partial charge is 0.294 e. The van der Waals surface area contributed by atoms with Crippen LogP contribution in [0.2, 0.25) is 0 Å². The van der Waals surface area contributed by atoms with E-state index in [0.29, 0.717) is 12.2 Å². The lowest BCUT2D eigenvalue weighted by atomic mass is 9.74. The molecule has 1 fully saturated rings. The zero-order chi connectivity index (χ0) is 11.2. The van der Waals surface area contributed by atoms with Crippen LogP contribution in [-0.4, -0.2) is 23.3 Å². The van der Waals surface area contributed by atoms with Gasteiger partial charge in [0.05, 0.1) is 0 Å². The number of piperidine rings is 1. The molecular weight excluding hydrogens is 222 g/mol. The number of carbonyl (C=O) groups is 1. The van der Waals surface area contributed by atoms with Gasteiger partial charge in [0.1, 0.15) is 0 Å². The van der Waals surface area contributed by atoms with Gasteiger partial charge in [-0.2, -0.15) is 0 Å². The number of benzene rings is 1. The fourth-order valence-corrected chi connectivity index (χ4v) is 3.21. The van der Waals surface area contributed by atoms with Crippen LogP contribution >= 0.6 is 11.8 Å². The summed E-state index contributed by atoms with van der Waals surface area (Å²) in [7, 11) is 0. The van der Waals surface area contributed by atoms with E-state index >= 15 is 0 Å². The van der Waals surface area contributed by atoms with E-state index in [4.69, 9.17) is 11.8 Å². The first kappa shape index (κ1) is 10.3. The molecule has 0 unspecified atom stereocenters. The summed E-state index contributed by atoms with van der Waals surface area (Å²) >= 11 is 5.99. The number of hydrogen-bond acceptors (Lipinski definition) is 2. The summed E-state index contributed by atoms with van der Waals surface area (Å²) in [6, 6.07) is 8.06. The summed E-state index contributed by atoms with van der Waals surface area (Å²) in [6.45, 7) is 1.76. The molecule has 1 aromatic rings. The molecule has 0 amide bonds. The van der Waals surface area contributed by atoms with Gasteiger partial charge in [0, 0.05) is 30.5 Å². The predicted octanol–water partition coefficient (Wildman–Crippen LogP) is 2.76. The number of carbonyl (C=O) groups excluding carboxylic acids is 1. The van der Waals surface area contributed by atoms with Gasteiger partial charge >= 0.3 is 0 Å². The molecule has 1 aliphatic carbocycles. The van der Waals surface area contributed by atoms with E-state index in [1.54, 1.807) is 0 Å². The lowest BCUT2D eigenvalue weighted by Gasteiger charge is -2.36. The minimum absolute atomic E-state index is 0.0824. The molecule has 2 nitrogen and oxygen atoms in total. The van der Waals surface area contributed by atoms with Crippen LogP contribution in [-0.2, 0) is 5.41 Å². The molecule has 0 saturated carbocycles. The highest BCUT2D eigenvalue weighted by Gasteiger charge is 2.44. The molecule has 1 saturated heterocycles. The first-order valence-electron chi connectivity index (χ1n) is 5.75. The fraction of sp³-hybridized carbons (Fsp3) is 0.462. The molecule has 84 valence electrons. The van der Waals surface area contributed by atoms with Gasteiger partial charge in [0.25, 0.3) is 0 Å². The second-order valence-corrected chi connectivity index (χ2v) is 5.31. The van der Waals surface area contributed by atoms with E-state index in [2.05, 4.69) is 6.07 Å². The van der Waals surface area contributed by atoms with Crippen molar-refractivity contribution in [3.05, 3.63) is 35.4 Å². The fourth-order valence-electron chi connectivity index (χ4n) is 3.04. The zero-order valence-electron chi connectivity index (χ0n) is 9.08. The number of nitrogens with zero attached hydrogens (tertiary/aromatic N) is 1. The van der Waals surface area contributed by atoms with E-state index in [0.717, 1.165) is 31.5 Å². The van der Waals surface area contributed by atoms with Crippen LogP contribution in [0.4, 0.5) is 0 Å². The standard InChI is InChI=1S/C13H14ClNO/c14-15-7-5-13(6-8-15)9-12(16)10-3-1-2-4-11(10)13/h1-4H,5-9H2. The first-order valence-corrected chi connectivity index (χ1v) is 6.09. The second kappa shape index (κ2) is 3.57. The van der Waals surface area contributed by atoms with Crippen molar-refractivity contribution in [1.29, 1.82) is 0 Å². The molecule has 1 aliphatic heterocycles. The summed E-state index contributed by atoms with van der Waals surface area (Å²) in [5.74, 6) is 0.304. The maximum atomic E-state index is 12.0. The number of hydrogen-bond donors (Lipinski definition) is 0. The van der Waals surface area contributed by atoms with Gasteiger partial charge in [-0.15, -0.1) is 0 Å². The Bertz CT molecular complexity index is 435. The minimum Gasteiger partial charge on any atom is -0.294 e. The number of Topliss-reactive ketones (excluding diaryl/α,β-unsaturated/α-hetero) is 1. The third-order valence-electron chi connectivity index (χ3n) is 3.96. The van der Waals surface area contributed by atoms with E-state index in [1.165, 1.54) is 5.56 Å². The lowest BCUT2D eigenvalue weighted by Crippen LogP contribution is -2.37. The average molecular weight is 236 g/mol. The van der Waals surface area contributed by atoms with E-state index in [-0.39, 0.29) is 5.41 Å². The Morgan fingerprint density at radius 2 is 1.88 bits per heavy atom. The van der Waals surface area contributed by atoms with Crippen LogP contribution in [0.3, 0.4) is 0 Å². The monoisotopic (exact) mass is 235 g/mol. The van der Waals surface area contributed by atoms with Gasteiger partial charge < -0.3 is 0 Å². The van der Waals surface area contributed by atoms with Crippen molar-refractivity contribution in [3.8, 4) is 0 Å². The molecule has 3 heteroatoms. The quantitative estimate of drug-likeness (QED) is 0.645. The molecule has 1 heterocycles. The third-order valence-corrected chi connectivity index (χ3v) is 4.30. The Balaban J connectivity index is 2.02. The minimum atomic E-state index is 0.0824. The zero-order valence-corrected chi connectivity index (χ0v) is 9.83. The molecule has 16 heavy (non-hydrogen) atoms. The normalized spacial score (nSPS) is 23.7. The maximum Gasteiger partial charge on any atom is 0.164 e. The summed E-state index contributed by atoms with van der Waals surface area (Å²) < 4.78 is 1.83. The molecule has 1 spiro atoms. The van der Waals surface area contributed by atoms with Gasteiger partial charge in [-0.25, -0.2) is 4.42 Å². The molecule has 1 aromatic carbocycles. The van der Waals surface area contributed by atoms with Gasteiger partial charge in [-0.05, 0) is 30.2 Å². The van der Waals surface area contributed by atoms with E-state index in [1.807, 2.05) is 22.6 Å². The Morgan fingerprint density at radius 1 is 1.19 bits per heavy atom. The molecule has 3 rings (SSSR count). The topological polar surface area (TPSA) is 20.3 Å². The summed E-state index contributed by atoms with van der Waals surface area (Å²) in [6.07, 6.45) is 2.68. The van der Waals surface area contributed by atoms with Crippen molar-refractivity contribution in [1.82, 2.24) is 4.42 Å². The van der Waals surface area contributed by atoms with Crippen molar-refractivity contribution < 1.29 is 4.79 Å². The Morgan fingerprint density at radius 3 is 2.62 bits per heavy atom. The van der Waals surface area contributed by atoms with Crippen LogP contribution < -0.4 is 0 Å². The lowest BCUT2D eigenvalue weighted by molar-refractivity contribution is 0.0956. The smallest absolute Gasteiger partial charge is 0.164 e. The van der Waals surface area contributed by atoms with Gasteiger partial charge in [-0.3, -0.25) is 4.79 Å². The molecular formula is C13H14ClNO. The van der Waals surface area contributed by atoms with Crippen LogP contribution in [0.25, 0.3) is 0 Å². The average Bonchev–Trinajstić information content (AvgIpc) is 2.58. The summed E-state index contributed by atoms with van der Waals surface area (Å²) in [5, 5.41) is 0. The highest BCUT2D eigenvalue weighted by atomic mass is 35.5. The van der Waals surface area contributed by atoms with Gasteiger partial charge in [0.15, 0.2) is 5.78 Å². The van der Waals surface area contributed by atoms with Crippen molar-refractivity contribution in [2.75, 3.05) is 13.1 Å². The maximum absolute atomic E-state index is 12.0. The number of rotatable bonds is 0. The van der Waals surface area contributed by atoms with Crippen molar-refractivity contribution >= 4 is 17.6 Å². The highest BCUT2D eigenvalue weighted by Crippen LogP contribution is 2.46. The van der Waals surface area contributed by atoms with Crippen molar-refractivity contribution in [3.63, 3.8) is 0 Å². The highest BCUT2D eigenvalue weighted by molar-refractivity contribution is 6.13. The SMILES string of the molecule is O=C1CC2(CCN(Cl)CC2)c2ccccc21. The molecule has 0 aromatic heterocycles. The van der Waals surface area contributed by atoms with Crippen LogP contribution in [0.15, 0.2) is 24.3 Å². The first-order chi connectivity index (χ1) is 7.71. The van der Waals surface area contributed by atoms with Gasteiger partial charge in [0.2, 0.25) is 0 Å². The van der Waals surface area contributed by atoms with Crippen molar-refractivity contribution in [2.24, 2.45) is 0 Å². The molecule has 0 atom stereocenters. The van der Waals surface area contributed by atoms with E-state index < -0.39 is 0 Å². The second-order valence-electron chi connectivity index (χ2n) is 4.84. The van der Waals surface area contributed by atoms with Crippen LogP contribution in [0.1, 0.15) is 35.2 Å². The number of fused-ring (bicyclic) bond motifs is 2. The molecule has 0 radical (unpaired) electrons. The van der Waals surface area contributed by atoms with Crippen molar-refractivity contribution in [2.45, 2.75) is 24.7 Å². The van der Waals surface area contributed by atoms with Gasteiger partial charge in [-0.1, -0.05) is 24.3 Å². The van der Waals surface area contributed by atoms with Crippen LogP contribution in [0.5, 0.6) is 0 Å². The van der Waals surface area contributed by atoms with E-state index in [9.17, 15) is 4.79 Å². The summed E-state index contributed by atoms with van der Waals surface area (Å²) in [5.41, 5.74) is 2.27.